The van der Waals surface area contributed by atoms with Gasteiger partial charge in [0.1, 0.15) is 0 Å². The van der Waals surface area contributed by atoms with Gasteiger partial charge in [0.2, 0.25) is 0 Å². The van der Waals surface area contributed by atoms with Gasteiger partial charge in [0, 0.05) is 30.1 Å². The van der Waals surface area contributed by atoms with E-state index in [9.17, 15) is 4.79 Å². The number of hydrogen-bond acceptors (Lipinski definition) is 3. The summed E-state index contributed by atoms with van der Waals surface area (Å²) in [6.07, 6.45) is 0. The van der Waals surface area contributed by atoms with Gasteiger partial charge in [0.25, 0.3) is 0 Å². The van der Waals surface area contributed by atoms with Crippen LogP contribution < -0.4 is 0 Å². The summed E-state index contributed by atoms with van der Waals surface area (Å²) in [7, 11) is 0. The van der Waals surface area contributed by atoms with E-state index in [2.05, 4.69) is 70.2 Å². The molecule has 4 nitrogen and oxygen atoms in total. The molecule has 2 aromatic rings. The van der Waals surface area contributed by atoms with Crippen LogP contribution in [0.1, 0.15) is 24.1 Å². The van der Waals surface area contributed by atoms with Gasteiger partial charge in [-0.1, -0.05) is 64.5 Å². The van der Waals surface area contributed by atoms with Gasteiger partial charge < -0.3 is 5.11 Å². The lowest BCUT2D eigenvalue weighted by Gasteiger charge is -2.43. The normalized spacial score (nSPS) is 20.3. The van der Waals surface area contributed by atoms with Crippen LogP contribution in [0, 0.1) is 0 Å². The third-order valence-corrected chi connectivity index (χ3v) is 5.54. The first kappa shape index (κ1) is 18.1. The second kappa shape index (κ2) is 8.13. The Bertz CT molecular complexity index is 723. The average Bonchev–Trinajstić information content (AvgIpc) is 2.60. The molecule has 0 aliphatic carbocycles. The molecule has 2 aromatic carbocycles. The van der Waals surface area contributed by atoms with Crippen LogP contribution in [0.4, 0.5) is 0 Å². The summed E-state index contributed by atoms with van der Waals surface area (Å²) in [5.41, 5.74) is 2.50. The van der Waals surface area contributed by atoms with Crippen molar-refractivity contribution in [3.05, 3.63) is 70.2 Å². The van der Waals surface area contributed by atoms with Crippen molar-refractivity contribution in [2.24, 2.45) is 0 Å². The lowest BCUT2D eigenvalue weighted by atomic mass is 9.95. The summed E-state index contributed by atoms with van der Waals surface area (Å²) in [4.78, 5) is 15.6. The summed E-state index contributed by atoms with van der Waals surface area (Å²) < 4.78 is 1.10. The van der Waals surface area contributed by atoms with Crippen LogP contribution in [0.5, 0.6) is 0 Å². The highest BCUT2D eigenvalue weighted by Crippen LogP contribution is 2.34. The molecular formula is C20H23BrN2O2. The number of benzene rings is 2. The van der Waals surface area contributed by atoms with Crippen LogP contribution in [0.15, 0.2) is 59.1 Å². The molecule has 1 fully saturated rings. The summed E-state index contributed by atoms with van der Waals surface area (Å²) in [5, 5.41) is 9.09. The van der Waals surface area contributed by atoms with Gasteiger partial charge in [-0.3, -0.25) is 14.6 Å². The van der Waals surface area contributed by atoms with Crippen LogP contribution in [0.3, 0.4) is 0 Å². The minimum absolute atomic E-state index is 0.111. The van der Waals surface area contributed by atoms with Crippen LogP contribution in [0.25, 0.3) is 0 Å². The second-order valence-corrected chi connectivity index (χ2v) is 7.40. The van der Waals surface area contributed by atoms with E-state index in [0.29, 0.717) is 0 Å². The lowest BCUT2D eigenvalue weighted by molar-refractivity contribution is -0.139. The minimum Gasteiger partial charge on any atom is -0.480 e. The van der Waals surface area contributed by atoms with Gasteiger partial charge in [-0.2, -0.15) is 0 Å². The molecule has 132 valence electrons. The molecule has 0 radical (unpaired) electrons. The number of rotatable bonds is 5. The van der Waals surface area contributed by atoms with Gasteiger partial charge in [0.15, 0.2) is 0 Å². The molecular weight excluding hydrogens is 380 g/mol. The topological polar surface area (TPSA) is 43.8 Å². The van der Waals surface area contributed by atoms with Crippen LogP contribution in [-0.4, -0.2) is 53.1 Å². The van der Waals surface area contributed by atoms with Crippen LogP contribution in [-0.2, 0) is 4.79 Å². The summed E-state index contributed by atoms with van der Waals surface area (Å²) in [5.74, 6) is -0.759. The zero-order chi connectivity index (χ0) is 17.8. The predicted octanol–water partition coefficient (Wildman–Crippen LogP) is 3.63. The second-order valence-electron chi connectivity index (χ2n) is 6.54. The zero-order valence-electron chi connectivity index (χ0n) is 14.3. The van der Waals surface area contributed by atoms with Crippen molar-refractivity contribution in [1.29, 1.82) is 0 Å². The molecule has 1 heterocycles. The quantitative estimate of drug-likeness (QED) is 0.828. The first-order valence-electron chi connectivity index (χ1n) is 8.55. The third-order valence-electron chi connectivity index (χ3n) is 4.82. The third kappa shape index (κ3) is 4.29. The molecule has 25 heavy (non-hydrogen) atoms. The molecule has 1 saturated heterocycles. The monoisotopic (exact) mass is 402 g/mol. The highest BCUT2D eigenvalue weighted by atomic mass is 79.9. The Balaban J connectivity index is 1.89. The van der Waals surface area contributed by atoms with Crippen molar-refractivity contribution in [2.45, 2.75) is 19.0 Å². The fraction of sp³-hybridized carbons (Fsp3) is 0.350. The predicted molar refractivity (Wildman–Crippen MR) is 103 cm³/mol. The number of hydrogen-bond donors (Lipinski definition) is 1. The van der Waals surface area contributed by atoms with E-state index in [1.165, 1.54) is 11.1 Å². The van der Waals surface area contributed by atoms with Gasteiger partial charge >= 0.3 is 5.97 Å². The molecule has 0 saturated carbocycles. The molecule has 1 unspecified atom stereocenters. The van der Waals surface area contributed by atoms with E-state index in [4.69, 9.17) is 5.11 Å². The Morgan fingerprint density at radius 1 is 1.16 bits per heavy atom. The van der Waals surface area contributed by atoms with Crippen molar-refractivity contribution in [1.82, 2.24) is 9.80 Å². The van der Waals surface area contributed by atoms with Crippen molar-refractivity contribution >= 4 is 21.9 Å². The van der Waals surface area contributed by atoms with E-state index in [1.807, 2.05) is 17.0 Å². The van der Waals surface area contributed by atoms with E-state index in [1.54, 1.807) is 0 Å². The Labute approximate surface area is 157 Å². The van der Waals surface area contributed by atoms with Gasteiger partial charge in [0.05, 0.1) is 12.6 Å². The van der Waals surface area contributed by atoms with Gasteiger partial charge in [-0.15, -0.1) is 0 Å². The highest BCUT2D eigenvalue weighted by molar-refractivity contribution is 9.10. The number of aliphatic carboxylic acids is 1. The molecule has 2 atom stereocenters. The molecule has 3 rings (SSSR count). The maximum Gasteiger partial charge on any atom is 0.317 e. The van der Waals surface area contributed by atoms with Crippen LogP contribution in [0.2, 0.25) is 0 Å². The molecule has 1 aliphatic rings. The standard InChI is InChI=1S/C20H23BrN2O2/c1-15-13-23(12-11-22(15)14-19(24)25)20(16-7-3-2-4-8-16)17-9-5-6-10-18(17)21/h2-10,15,20H,11-14H2,1H3,(H,24,25)/t15?,20-/m1/s1. The van der Waals surface area contributed by atoms with Gasteiger partial charge in [-0.05, 0) is 24.1 Å². The first-order chi connectivity index (χ1) is 12.1. The van der Waals surface area contributed by atoms with E-state index >= 15 is 0 Å². The molecule has 0 bridgehead atoms. The van der Waals surface area contributed by atoms with Gasteiger partial charge in [-0.25, -0.2) is 0 Å². The highest BCUT2D eigenvalue weighted by Gasteiger charge is 2.31. The fourth-order valence-electron chi connectivity index (χ4n) is 3.59. The average molecular weight is 403 g/mol. The fourth-order valence-corrected chi connectivity index (χ4v) is 4.09. The molecule has 0 spiro atoms. The van der Waals surface area contributed by atoms with E-state index in [-0.39, 0.29) is 18.6 Å². The zero-order valence-corrected chi connectivity index (χ0v) is 15.9. The number of halogens is 1. The largest absolute Gasteiger partial charge is 0.480 e. The van der Waals surface area contributed by atoms with Crippen molar-refractivity contribution < 1.29 is 9.90 Å². The Kier molecular flexibility index (Phi) is 5.89. The van der Waals surface area contributed by atoms with Crippen molar-refractivity contribution in [3.63, 3.8) is 0 Å². The van der Waals surface area contributed by atoms with Crippen molar-refractivity contribution in [2.75, 3.05) is 26.2 Å². The van der Waals surface area contributed by atoms with E-state index < -0.39 is 5.97 Å². The number of piperazine rings is 1. The SMILES string of the molecule is CC1CN([C@H](c2ccccc2)c2ccccc2Br)CCN1CC(=O)O. The molecule has 1 aliphatic heterocycles. The summed E-state index contributed by atoms with van der Waals surface area (Å²) in [6, 6.07) is 19.2. The lowest BCUT2D eigenvalue weighted by Crippen LogP contribution is -2.54. The molecule has 5 heteroatoms. The molecule has 0 amide bonds. The number of carboxylic acids is 1. The molecule has 0 aromatic heterocycles. The van der Waals surface area contributed by atoms with E-state index in [0.717, 1.165) is 24.1 Å². The smallest absolute Gasteiger partial charge is 0.317 e. The van der Waals surface area contributed by atoms with Crippen LogP contribution >= 0.6 is 15.9 Å². The number of nitrogens with zero attached hydrogens (tertiary/aromatic N) is 2. The maximum atomic E-state index is 11.1. The number of carboxylic acid groups (broad SMARTS) is 1. The maximum absolute atomic E-state index is 11.1. The Hall–Kier alpha value is -1.69. The minimum atomic E-state index is -0.759. The first-order valence-corrected chi connectivity index (χ1v) is 9.35. The molecule has 1 N–H and O–H groups in total. The van der Waals surface area contributed by atoms with Crippen molar-refractivity contribution in [3.8, 4) is 0 Å². The Morgan fingerprint density at radius 2 is 1.84 bits per heavy atom. The Morgan fingerprint density at radius 3 is 2.48 bits per heavy atom. The summed E-state index contributed by atoms with van der Waals surface area (Å²) in [6.45, 7) is 4.67. The number of carbonyl (C=O) groups is 1. The summed E-state index contributed by atoms with van der Waals surface area (Å²) >= 11 is 3.71.